The lowest BCUT2D eigenvalue weighted by atomic mass is 10.1. The van der Waals surface area contributed by atoms with Gasteiger partial charge in [0.2, 0.25) is 7.85 Å². The van der Waals surface area contributed by atoms with Crippen molar-refractivity contribution in [2.75, 3.05) is 6.54 Å². The summed E-state index contributed by atoms with van der Waals surface area (Å²) in [5.41, 5.74) is 5.00. The summed E-state index contributed by atoms with van der Waals surface area (Å²) in [6.07, 6.45) is 0. The number of thiocarbonyl (C=S) groups is 1. The van der Waals surface area contributed by atoms with Crippen molar-refractivity contribution in [3.63, 3.8) is 0 Å². The number of hydrogen-bond donors (Lipinski definition) is 2. The molecular formula is C3H5BN2OS. The van der Waals surface area contributed by atoms with Gasteiger partial charge in [0.25, 0.3) is 0 Å². The van der Waals surface area contributed by atoms with Crippen LogP contribution in [0.5, 0.6) is 0 Å². The molecule has 0 rings (SSSR count). The zero-order valence-electron chi connectivity index (χ0n) is 4.18. The number of carbonyl (C=O) groups is 1. The molecule has 0 heterocycles. The van der Waals surface area contributed by atoms with Crippen molar-refractivity contribution in [3.05, 3.63) is 0 Å². The molecule has 0 atom stereocenters. The van der Waals surface area contributed by atoms with Crippen LogP contribution in [0.15, 0.2) is 0 Å². The van der Waals surface area contributed by atoms with Crippen LogP contribution in [-0.4, -0.2) is 25.2 Å². The summed E-state index contributed by atoms with van der Waals surface area (Å²) in [6, 6.07) is 0. The molecule has 0 saturated heterocycles. The van der Waals surface area contributed by atoms with E-state index >= 15 is 0 Å². The van der Waals surface area contributed by atoms with E-state index in [4.69, 9.17) is 5.73 Å². The average Bonchev–Trinajstić information content (AvgIpc) is 1.61. The number of nitrogens with two attached hydrogens (primary N) is 1. The van der Waals surface area contributed by atoms with Gasteiger partial charge in [0.05, 0.1) is 11.5 Å². The number of nitrogens with one attached hydrogen (secondary N) is 1. The van der Waals surface area contributed by atoms with Crippen LogP contribution >= 0.6 is 12.2 Å². The average molecular weight is 128 g/mol. The van der Waals surface area contributed by atoms with Gasteiger partial charge in [0, 0.05) is 0 Å². The summed E-state index contributed by atoms with van der Waals surface area (Å²) in [7, 11) is 4.68. The van der Waals surface area contributed by atoms with E-state index in [1.807, 2.05) is 0 Å². The van der Waals surface area contributed by atoms with Crippen LogP contribution in [0.25, 0.3) is 0 Å². The molecule has 8 heavy (non-hydrogen) atoms. The number of carbonyl (C=O) groups excluding carboxylic acids is 1. The lowest BCUT2D eigenvalue weighted by molar-refractivity contribution is 0.260. The first-order chi connectivity index (χ1) is 3.63. The SMILES string of the molecule is [B]C(=O)NCC(N)=S. The molecule has 3 nitrogen and oxygen atoms in total. The zero-order valence-corrected chi connectivity index (χ0v) is 4.99. The van der Waals surface area contributed by atoms with Crippen LogP contribution in [-0.2, 0) is 0 Å². The molecule has 0 aromatic carbocycles. The van der Waals surface area contributed by atoms with Gasteiger partial charge < -0.3 is 11.1 Å². The summed E-state index contributed by atoms with van der Waals surface area (Å²) in [4.78, 5) is 10.1. The van der Waals surface area contributed by atoms with E-state index in [2.05, 4.69) is 25.4 Å². The van der Waals surface area contributed by atoms with Crippen molar-refractivity contribution in [2.45, 2.75) is 0 Å². The Morgan fingerprint density at radius 1 is 1.88 bits per heavy atom. The Labute approximate surface area is 54.0 Å². The Kier molecular flexibility index (Phi) is 3.18. The summed E-state index contributed by atoms with van der Waals surface area (Å²) >= 11 is 4.42. The highest BCUT2D eigenvalue weighted by atomic mass is 32.1. The highest BCUT2D eigenvalue weighted by Gasteiger charge is 1.88. The van der Waals surface area contributed by atoms with Crippen LogP contribution in [0.4, 0.5) is 4.79 Å². The summed E-state index contributed by atoms with van der Waals surface area (Å²) < 4.78 is 0. The quantitative estimate of drug-likeness (QED) is 0.376. The monoisotopic (exact) mass is 128 g/mol. The summed E-state index contributed by atoms with van der Waals surface area (Å²) in [5, 5.41) is 2.22. The first-order valence-corrected chi connectivity index (χ1v) is 2.35. The molecule has 42 valence electrons. The fraction of sp³-hybridized carbons (Fsp3) is 0.333. The fourth-order valence-corrected chi connectivity index (χ4v) is 0.246. The second kappa shape index (κ2) is 3.43. The van der Waals surface area contributed by atoms with Crippen LogP contribution in [0, 0.1) is 0 Å². The van der Waals surface area contributed by atoms with Gasteiger partial charge in [-0.25, -0.2) is 0 Å². The molecule has 0 aliphatic heterocycles. The normalized spacial score (nSPS) is 8.00. The van der Waals surface area contributed by atoms with Crippen molar-refractivity contribution < 1.29 is 4.79 Å². The number of rotatable bonds is 2. The molecule has 0 spiro atoms. The lowest BCUT2D eigenvalue weighted by Gasteiger charge is -1.96. The van der Waals surface area contributed by atoms with Crippen molar-refractivity contribution in [2.24, 2.45) is 5.73 Å². The molecule has 0 aliphatic rings. The van der Waals surface area contributed by atoms with Gasteiger partial charge in [-0.3, -0.25) is 4.79 Å². The van der Waals surface area contributed by atoms with Crippen LogP contribution in [0.1, 0.15) is 0 Å². The second-order valence-corrected chi connectivity index (χ2v) is 1.71. The standard InChI is InChI=1S/C3H5BN2OS/c4-3(7)6-1-2(5)8/h1H2,(H2,5,8)(H,6,7). The fourth-order valence-electron chi connectivity index (χ4n) is 0.174. The maximum Gasteiger partial charge on any atom is 0.200 e. The molecule has 0 bridgehead atoms. The third-order valence-electron chi connectivity index (χ3n) is 0.437. The van der Waals surface area contributed by atoms with Gasteiger partial charge in [-0.05, 0) is 0 Å². The first-order valence-electron chi connectivity index (χ1n) is 1.94. The minimum Gasteiger partial charge on any atom is -0.392 e. The van der Waals surface area contributed by atoms with Gasteiger partial charge in [0.15, 0.2) is 5.81 Å². The summed E-state index contributed by atoms with van der Waals surface area (Å²) in [5.74, 6) is -0.613. The molecule has 1 amide bonds. The molecule has 0 fully saturated rings. The highest BCUT2D eigenvalue weighted by molar-refractivity contribution is 7.80. The second-order valence-electron chi connectivity index (χ2n) is 1.18. The predicted octanol–water partition coefficient (Wildman–Crippen LogP) is -0.849. The highest BCUT2D eigenvalue weighted by Crippen LogP contribution is 1.61. The lowest BCUT2D eigenvalue weighted by Crippen LogP contribution is -2.31. The molecule has 0 unspecified atom stereocenters. The van der Waals surface area contributed by atoms with Crippen LogP contribution in [0.3, 0.4) is 0 Å². The van der Waals surface area contributed by atoms with E-state index in [1.54, 1.807) is 0 Å². The zero-order chi connectivity index (χ0) is 6.57. The minimum atomic E-state index is -0.613. The molecule has 0 aromatic heterocycles. The molecule has 0 aliphatic carbocycles. The van der Waals surface area contributed by atoms with Crippen molar-refractivity contribution in [1.82, 2.24) is 5.32 Å². The predicted molar refractivity (Wildman–Crippen MR) is 35.9 cm³/mol. The minimum absolute atomic E-state index is 0.171. The van der Waals surface area contributed by atoms with E-state index in [0.717, 1.165) is 0 Å². The third kappa shape index (κ3) is 5.42. The maximum absolute atomic E-state index is 9.90. The van der Waals surface area contributed by atoms with Gasteiger partial charge in [0.1, 0.15) is 0 Å². The Balaban J connectivity index is 3.18. The number of hydrogen-bond acceptors (Lipinski definition) is 2. The van der Waals surface area contributed by atoms with Crippen molar-refractivity contribution in [3.8, 4) is 0 Å². The van der Waals surface area contributed by atoms with Gasteiger partial charge in [-0.2, -0.15) is 0 Å². The van der Waals surface area contributed by atoms with E-state index < -0.39 is 5.81 Å². The molecule has 2 radical (unpaired) electrons. The first kappa shape index (κ1) is 7.42. The van der Waals surface area contributed by atoms with Crippen LogP contribution in [0.2, 0.25) is 0 Å². The summed E-state index contributed by atoms with van der Waals surface area (Å²) in [6.45, 7) is 0.171. The van der Waals surface area contributed by atoms with E-state index in [0.29, 0.717) is 0 Å². The Morgan fingerprint density at radius 2 is 2.38 bits per heavy atom. The molecule has 5 heteroatoms. The molecular weight excluding hydrogens is 123 g/mol. The van der Waals surface area contributed by atoms with Crippen molar-refractivity contribution in [1.29, 1.82) is 0 Å². The van der Waals surface area contributed by atoms with E-state index in [-0.39, 0.29) is 11.5 Å². The Morgan fingerprint density at radius 3 is 2.50 bits per heavy atom. The molecule has 3 N–H and O–H groups in total. The van der Waals surface area contributed by atoms with Crippen LogP contribution < -0.4 is 11.1 Å². The largest absolute Gasteiger partial charge is 0.392 e. The van der Waals surface area contributed by atoms with E-state index in [1.165, 1.54) is 0 Å². The topological polar surface area (TPSA) is 55.1 Å². The van der Waals surface area contributed by atoms with Gasteiger partial charge in [-0.15, -0.1) is 0 Å². The smallest absolute Gasteiger partial charge is 0.200 e. The van der Waals surface area contributed by atoms with Gasteiger partial charge in [-0.1, -0.05) is 12.2 Å². The Hall–Kier alpha value is -0.575. The molecule has 0 aromatic rings. The third-order valence-corrected chi connectivity index (χ3v) is 0.581. The van der Waals surface area contributed by atoms with Crippen molar-refractivity contribution >= 4 is 30.9 Å². The maximum atomic E-state index is 9.90. The molecule has 0 saturated carbocycles. The number of amides is 1. The van der Waals surface area contributed by atoms with Gasteiger partial charge >= 0.3 is 0 Å². The van der Waals surface area contributed by atoms with E-state index in [9.17, 15) is 4.79 Å². The Bertz CT molecular complexity index is 102.